The molecule has 1 aliphatic heterocycles. The predicted octanol–water partition coefficient (Wildman–Crippen LogP) is 1.47. The first kappa shape index (κ1) is 18.0. The van der Waals surface area contributed by atoms with Crippen LogP contribution >= 0.6 is 0 Å². The average Bonchev–Trinajstić information content (AvgIpc) is 3.05. The standard InChI is InChI=1S/C15H19F3N8/c1-9-11(6-21-26(9)8-10-4-5-25(3)24-10)22-13-20-7-12(15(16,17)18)14(2,19)23-13/h4-7H,8,19H2,1-3H3,(H2,20,22,23). The van der Waals surface area contributed by atoms with Crippen molar-refractivity contribution in [3.05, 3.63) is 41.6 Å². The van der Waals surface area contributed by atoms with E-state index in [1.807, 2.05) is 26.2 Å². The van der Waals surface area contributed by atoms with Crippen LogP contribution in [0.5, 0.6) is 0 Å². The fourth-order valence-electron chi connectivity index (χ4n) is 2.60. The number of rotatable bonds is 3. The van der Waals surface area contributed by atoms with Crippen LogP contribution in [0.2, 0.25) is 0 Å². The topological polar surface area (TPSA) is 98.1 Å². The summed E-state index contributed by atoms with van der Waals surface area (Å²) < 4.78 is 42.3. The quantitative estimate of drug-likeness (QED) is 0.762. The number of aryl methyl sites for hydroxylation is 1. The first-order chi connectivity index (χ1) is 12.1. The normalized spacial score (nSPS) is 20.4. The van der Waals surface area contributed by atoms with E-state index in [-0.39, 0.29) is 5.96 Å². The van der Waals surface area contributed by atoms with Crippen LogP contribution in [0.4, 0.5) is 18.9 Å². The van der Waals surface area contributed by atoms with Gasteiger partial charge in [0, 0.05) is 19.4 Å². The van der Waals surface area contributed by atoms with Crippen LogP contribution in [0, 0.1) is 6.92 Å². The molecule has 0 radical (unpaired) electrons. The van der Waals surface area contributed by atoms with Crippen molar-refractivity contribution in [2.45, 2.75) is 32.2 Å². The molecule has 0 fully saturated rings. The second-order valence-electron chi connectivity index (χ2n) is 6.22. The van der Waals surface area contributed by atoms with Crippen molar-refractivity contribution >= 4 is 11.6 Å². The zero-order valence-electron chi connectivity index (χ0n) is 14.5. The van der Waals surface area contributed by atoms with Gasteiger partial charge in [0.1, 0.15) is 5.66 Å². The van der Waals surface area contributed by atoms with Crippen LogP contribution in [0.3, 0.4) is 0 Å². The maximum atomic E-state index is 13.0. The van der Waals surface area contributed by atoms with E-state index < -0.39 is 17.4 Å². The van der Waals surface area contributed by atoms with Crippen molar-refractivity contribution in [3.8, 4) is 0 Å². The van der Waals surface area contributed by atoms with Gasteiger partial charge in [-0.3, -0.25) is 9.36 Å². The molecule has 0 bridgehead atoms. The van der Waals surface area contributed by atoms with Gasteiger partial charge >= 0.3 is 6.18 Å². The Labute approximate surface area is 147 Å². The van der Waals surface area contributed by atoms with Crippen LogP contribution < -0.4 is 16.4 Å². The molecule has 2 aromatic rings. The minimum absolute atomic E-state index is 0.114. The second-order valence-corrected chi connectivity index (χ2v) is 6.22. The Kier molecular flexibility index (Phi) is 4.26. The van der Waals surface area contributed by atoms with Crippen LogP contribution in [0.15, 0.2) is 35.2 Å². The summed E-state index contributed by atoms with van der Waals surface area (Å²) in [6.45, 7) is 3.51. The van der Waals surface area contributed by atoms with Crippen molar-refractivity contribution in [2.24, 2.45) is 17.8 Å². The third-order valence-electron chi connectivity index (χ3n) is 3.98. The van der Waals surface area contributed by atoms with Gasteiger partial charge < -0.3 is 16.4 Å². The van der Waals surface area contributed by atoms with Crippen LogP contribution in [0.1, 0.15) is 18.3 Å². The Bertz CT molecular complexity index is 872. The van der Waals surface area contributed by atoms with Gasteiger partial charge in [0.05, 0.1) is 35.4 Å². The number of aromatic nitrogens is 4. The summed E-state index contributed by atoms with van der Waals surface area (Å²) >= 11 is 0. The highest BCUT2D eigenvalue weighted by molar-refractivity contribution is 5.95. The third kappa shape index (κ3) is 3.57. The van der Waals surface area contributed by atoms with Gasteiger partial charge in [-0.25, -0.2) is 4.99 Å². The summed E-state index contributed by atoms with van der Waals surface area (Å²) in [5.74, 6) is 0.114. The lowest BCUT2D eigenvalue weighted by atomic mass is 10.0. The maximum absolute atomic E-state index is 13.0. The first-order valence-electron chi connectivity index (χ1n) is 7.77. The van der Waals surface area contributed by atoms with Gasteiger partial charge in [-0.05, 0) is 19.9 Å². The van der Waals surface area contributed by atoms with E-state index in [9.17, 15) is 13.2 Å². The zero-order valence-corrected chi connectivity index (χ0v) is 14.5. The number of hydrogen-bond acceptors (Lipinski definition) is 6. The third-order valence-corrected chi connectivity index (χ3v) is 3.98. The smallest absolute Gasteiger partial charge is 0.332 e. The fraction of sp³-hybridized carbons (Fsp3) is 0.400. The first-order valence-corrected chi connectivity index (χ1v) is 7.77. The number of hydrogen-bond donors (Lipinski definition) is 3. The minimum Gasteiger partial charge on any atom is -0.332 e. The van der Waals surface area contributed by atoms with E-state index in [2.05, 4.69) is 25.8 Å². The number of halogens is 3. The number of nitrogens with two attached hydrogens (primary N) is 1. The molecule has 0 aromatic carbocycles. The highest BCUT2D eigenvalue weighted by Gasteiger charge is 2.45. The number of alkyl halides is 3. The maximum Gasteiger partial charge on any atom is 0.417 e. The molecular weight excluding hydrogens is 349 g/mol. The molecular formula is C15H19F3N8. The number of guanidine groups is 1. The molecule has 11 heteroatoms. The molecule has 3 rings (SSSR count). The minimum atomic E-state index is -4.56. The number of anilines is 1. The van der Waals surface area contributed by atoms with E-state index in [4.69, 9.17) is 5.73 Å². The lowest BCUT2D eigenvalue weighted by Crippen LogP contribution is -2.49. The van der Waals surface area contributed by atoms with Crippen molar-refractivity contribution in [1.82, 2.24) is 24.9 Å². The molecule has 1 aliphatic rings. The van der Waals surface area contributed by atoms with E-state index >= 15 is 0 Å². The zero-order chi connectivity index (χ0) is 19.1. The highest BCUT2D eigenvalue weighted by Crippen LogP contribution is 2.34. The SMILES string of the molecule is Cc1c(NC2=NC(C)(N)C(C(F)(F)F)=CN2)cnn1Cc1ccn(C)n1. The van der Waals surface area contributed by atoms with Crippen molar-refractivity contribution in [2.75, 3.05) is 5.32 Å². The lowest BCUT2D eigenvalue weighted by molar-refractivity contribution is -0.100. The molecule has 8 nitrogen and oxygen atoms in total. The molecule has 3 heterocycles. The molecule has 0 aliphatic carbocycles. The van der Waals surface area contributed by atoms with Gasteiger partial charge in [0.25, 0.3) is 0 Å². The summed E-state index contributed by atoms with van der Waals surface area (Å²) in [6.07, 6.45) is -0.335. The Morgan fingerprint density at radius 3 is 2.69 bits per heavy atom. The molecule has 0 amide bonds. The molecule has 2 aromatic heterocycles. The monoisotopic (exact) mass is 368 g/mol. The molecule has 4 N–H and O–H groups in total. The van der Waals surface area contributed by atoms with Crippen molar-refractivity contribution < 1.29 is 13.2 Å². The van der Waals surface area contributed by atoms with Gasteiger partial charge in [0.2, 0.25) is 5.96 Å². The molecule has 0 saturated heterocycles. The Hall–Kier alpha value is -2.82. The van der Waals surface area contributed by atoms with Crippen LogP contribution in [-0.4, -0.2) is 37.4 Å². The molecule has 26 heavy (non-hydrogen) atoms. The Morgan fingerprint density at radius 2 is 2.12 bits per heavy atom. The van der Waals surface area contributed by atoms with Crippen LogP contribution in [0.25, 0.3) is 0 Å². The van der Waals surface area contributed by atoms with E-state index in [0.717, 1.165) is 17.6 Å². The Balaban J connectivity index is 1.75. The van der Waals surface area contributed by atoms with Gasteiger partial charge in [0.15, 0.2) is 0 Å². The largest absolute Gasteiger partial charge is 0.417 e. The molecule has 0 spiro atoms. The summed E-state index contributed by atoms with van der Waals surface area (Å²) in [5.41, 5.74) is 5.11. The van der Waals surface area contributed by atoms with E-state index in [1.54, 1.807) is 15.6 Å². The predicted molar refractivity (Wildman–Crippen MR) is 90.2 cm³/mol. The highest BCUT2D eigenvalue weighted by atomic mass is 19.4. The number of aliphatic imine (C=N–C) groups is 1. The second kappa shape index (κ2) is 6.16. The Morgan fingerprint density at radius 1 is 1.38 bits per heavy atom. The molecule has 140 valence electrons. The number of nitrogens with zero attached hydrogens (tertiary/aromatic N) is 5. The van der Waals surface area contributed by atoms with Gasteiger partial charge in [-0.1, -0.05) is 0 Å². The average molecular weight is 368 g/mol. The van der Waals surface area contributed by atoms with E-state index in [0.29, 0.717) is 12.2 Å². The van der Waals surface area contributed by atoms with Crippen LogP contribution in [-0.2, 0) is 13.6 Å². The van der Waals surface area contributed by atoms with Gasteiger partial charge in [-0.2, -0.15) is 23.4 Å². The van der Waals surface area contributed by atoms with Gasteiger partial charge in [-0.15, -0.1) is 0 Å². The summed E-state index contributed by atoms with van der Waals surface area (Å²) in [5, 5.41) is 14.0. The summed E-state index contributed by atoms with van der Waals surface area (Å²) in [7, 11) is 1.83. The lowest BCUT2D eigenvalue weighted by Gasteiger charge is -2.30. The molecule has 1 unspecified atom stereocenters. The fourth-order valence-corrected chi connectivity index (χ4v) is 2.60. The van der Waals surface area contributed by atoms with Crippen molar-refractivity contribution in [1.29, 1.82) is 0 Å². The van der Waals surface area contributed by atoms with Crippen molar-refractivity contribution in [3.63, 3.8) is 0 Å². The summed E-state index contributed by atoms with van der Waals surface area (Å²) in [4.78, 5) is 3.93. The molecule has 1 atom stereocenters. The molecule has 0 saturated carbocycles. The number of nitrogens with one attached hydrogen (secondary N) is 2. The van der Waals surface area contributed by atoms with E-state index in [1.165, 1.54) is 6.92 Å². The summed E-state index contributed by atoms with van der Waals surface area (Å²) in [6, 6.07) is 1.88.